The summed E-state index contributed by atoms with van der Waals surface area (Å²) in [6.07, 6.45) is 1.16. The van der Waals surface area contributed by atoms with Gasteiger partial charge in [0.2, 0.25) is 5.91 Å². The summed E-state index contributed by atoms with van der Waals surface area (Å²) in [7, 11) is 0. The van der Waals surface area contributed by atoms with Gasteiger partial charge >= 0.3 is 5.97 Å². The first-order chi connectivity index (χ1) is 10.9. The number of amides is 2. The lowest BCUT2D eigenvalue weighted by molar-refractivity contribution is -0.123. The molecule has 0 aromatic carbocycles. The van der Waals surface area contributed by atoms with Gasteiger partial charge in [-0.05, 0) is 39.2 Å². The molecule has 1 aromatic rings. The molecule has 7 nitrogen and oxygen atoms in total. The number of aryl methyl sites for hydroxylation is 1. The quantitative estimate of drug-likeness (QED) is 0.811. The lowest BCUT2D eigenvalue weighted by Gasteiger charge is -2.30. The van der Waals surface area contributed by atoms with Crippen molar-refractivity contribution >= 4 is 17.8 Å². The summed E-state index contributed by atoms with van der Waals surface area (Å²) in [5, 5.41) is 0. The van der Waals surface area contributed by atoms with Crippen molar-refractivity contribution in [3.8, 4) is 0 Å². The van der Waals surface area contributed by atoms with Gasteiger partial charge in [0.05, 0.1) is 12.2 Å². The van der Waals surface area contributed by atoms with Crippen molar-refractivity contribution in [3.63, 3.8) is 0 Å². The van der Waals surface area contributed by atoms with E-state index < -0.39 is 5.97 Å². The number of nitrogens with zero attached hydrogens (tertiary/aromatic N) is 1. The molecule has 0 saturated carbocycles. The number of primary amides is 1. The third kappa shape index (κ3) is 3.38. The maximum atomic E-state index is 12.7. The number of H-pyrrole nitrogens is 1. The topological polar surface area (TPSA) is 105 Å². The highest BCUT2D eigenvalue weighted by Crippen LogP contribution is 2.24. The zero-order valence-electron chi connectivity index (χ0n) is 13.8. The number of piperidine rings is 1. The maximum absolute atomic E-state index is 12.7. The smallest absolute Gasteiger partial charge is 0.355 e. The second-order valence-electron chi connectivity index (χ2n) is 5.81. The van der Waals surface area contributed by atoms with Crippen molar-refractivity contribution in [2.24, 2.45) is 11.7 Å². The number of aromatic nitrogens is 1. The van der Waals surface area contributed by atoms with Gasteiger partial charge in [0.25, 0.3) is 5.91 Å². The van der Waals surface area contributed by atoms with Crippen LogP contribution in [0.3, 0.4) is 0 Å². The Morgan fingerprint density at radius 3 is 2.39 bits per heavy atom. The predicted molar refractivity (Wildman–Crippen MR) is 84.0 cm³/mol. The van der Waals surface area contributed by atoms with Crippen molar-refractivity contribution in [1.29, 1.82) is 0 Å². The van der Waals surface area contributed by atoms with E-state index >= 15 is 0 Å². The summed E-state index contributed by atoms with van der Waals surface area (Å²) in [6.45, 7) is 6.49. The van der Waals surface area contributed by atoms with Crippen molar-refractivity contribution in [1.82, 2.24) is 9.88 Å². The standard InChI is InChI=1S/C16H23N3O4/c1-4-23-16(22)13-9(2)12(10(3)18-13)15(21)19-7-5-11(6-8-19)14(17)20/h11,18H,4-8H2,1-3H3,(H2,17,20). The first-order valence-electron chi connectivity index (χ1n) is 7.81. The molecule has 1 aromatic heterocycles. The van der Waals surface area contributed by atoms with Gasteiger partial charge < -0.3 is 20.4 Å². The fraction of sp³-hybridized carbons (Fsp3) is 0.562. The largest absolute Gasteiger partial charge is 0.461 e. The van der Waals surface area contributed by atoms with Crippen molar-refractivity contribution in [2.45, 2.75) is 33.6 Å². The zero-order chi connectivity index (χ0) is 17.1. The van der Waals surface area contributed by atoms with Gasteiger partial charge in [-0.1, -0.05) is 0 Å². The second kappa shape index (κ2) is 6.85. The summed E-state index contributed by atoms with van der Waals surface area (Å²) in [6, 6.07) is 0. The Hall–Kier alpha value is -2.31. The number of esters is 1. The number of rotatable bonds is 4. The highest BCUT2D eigenvalue weighted by atomic mass is 16.5. The van der Waals surface area contributed by atoms with E-state index in [1.165, 1.54) is 0 Å². The molecule has 3 N–H and O–H groups in total. The van der Waals surface area contributed by atoms with Crippen LogP contribution in [-0.4, -0.2) is 47.4 Å². The molecule has 0 radical (unpaired) electrons. The monoisotopic (exact) mass is 321 g/mol. The molecule has 23 heavy (non-hydrogen) atoms. The average Bonchev–Trinajstić information content (AvgIpc) is 2.82. The lowest BCUT2D eigenvalue weighted by atomic mass is 9.95. The highest BCUT2D eigenvalue weighted by Gasteiger charge is 2.30. The molecule has 2 amide bonds. The molecule has 1 aliphatic heterocycles. The van der Waals surface area contributed by atoms with Crippen LogP contribution in [0.2, 0.25) is 0 Å². The molecule has 0 spiro atoms. The SMILES string of the molecule is CCOC(=O)c1[nH]c(C)c(C(=O)N2CCC(C(N)=O)CC2)c1C. The van der Waals surface area contributed by atoms with Gasteiger partial charge in [-0.15, -0.1) is 0 Å². The van der Waals surface area contributed by atoms with E-state index in [1.807, 2.05) is 0 Å². The van der Waals surface area contributed by atoms with Crippen molar-refractivity contribution < 1.29 is 19.1 Å². The van der Waals surface area contributed by atoms with Crippen LogP contribution in [-0.2, 0) is 9.53 Å². The molecule has 1 fully saturated rings. The normalized spacial score (nSPS) is 15.5. The number of carbonyl (C=O) groups excluding carboxylic acids is 3. The van der Waals surface area contributed by atoms with Crippen LogP contribution in [0.1, 0.15) is 51.9 Å². The molecular weight excluding hydrogens is 298 g/mol. The first-order valence-corrected chi connectivity index (χ1v) is 7.81. The van der Waals surface area contributed by atoms with Gasteiger partial charge in [-0.2, -0.15) is 0 Å². The Balaban J connectivity index is 2.17. The molecule has 0 unspecified atom stereocenters. The molecular formula is C16H23N3O4. The molecule has 7 heteroatoms. The van der Waals surface area contributed by atoms with E-state index in [2.05, 4.69) is 4.98 Å². The van der Waals surface area contributed by atoms with Crippen LogP contribution < -0.4 is 5.73 Å². The number of nitrogens with one attached hydrogen (secondary N) is 1. The predicted octanol–water partition coefficient (Wildman–Crippen LogP) is 1.15. The van der Waals surface area contributed by atoms with E-state index in [0.29, 0.717) is 48.4 Å². The Labute approximate surface area is 135 Å². The first kappa shape index (κ1) is 17.1. The molecule has 1 aliphatic rings. The Morgan fingerprint density at radius 2 is 1.87 bits per heavy atom. The van der Waals surface area contributed by atoms with E-state index in [-0.39, 0.29) is 24.3 Å². The number of ether oxygens (including phenoxy) is 1. The van der Waals surface area contributed by atoms with Crippen molar-refractivity contribution in [3.05, 3.63) is 22.5 Å². The maximum Gasteiger partial charge on any atom is 0.355 e. The van der Waals surface area contributed by atoms with Gasteiger partial charge in [-0.3, -0.25) is 9.59 Å². The Bertz CT molecular complexity index is 628. The lowest BCUT2D eigenvalue weighted by Crippen LogP contribution is -2.42. The van der Waals surface area contributed by atoms with Gasteiger partial charge in [0, 0.05) is 24.7 Å². The van der Waals surface area contributed by atoms with Crippen molar-refractivity contribution in [2.75, 3.05) is 19.7 Å². The second-order valence-corrected chi connectivity index (χ2v) is 5.81. The summed E-state index contributed by atoms with van der Waals surface area (Å²) in [4.78, 5) is 40.5. The minimum atomic E-state index is -0.459. The number of hydrogen-bond donors (Lipinski definition) is 2. The number of aromatic amines is 1. The fourth-order valence-electron chi connectivity index (χ4n) is 3.00. The Kier molecular flexibility index (Phi) is 5.08. The van der Waals surface area contributed by atoms with E-state index in [4.69, 9.17) is 10.5 Å². The highest BCUT2D eigenvalue weighted by molar-refractivity contribution is 6.01. The van der Waals surface area contributed by atoms with Gasteiger partial charge in [0.1, 0.15) is 5.69 Å². The molecule has 126 valence electrons. The summed E-state index contributed by atoms with van der Waals surface area (Å²) >= 11 is 0. The third-order valence-electron chi connectivity index (χ3n) is 4.32. The summed E-state index contributed by atoms with van der Waals surface area (Å²) in [5.74, 6) is -1.06. The minimum absolute atomic E-state index is 0.130. The van der Waals surface area contributed by atoms with Crippen LogP contribution in [0.25, 0.3) is 0 Å². The summed E-state index contributed by atoms with van der Waals surface area (Å²) in [5.41, 5.74) is 7.38. The average molecular weight is 321 g/mol. The van der Waals surface area contributed by atoms with E-state index in [0.717, 1.165) is 0 Å². The molecule has 1 saturated heterocycles. The Morgan fingerprint density at radius 1 is 1.26 bits per heavy atom. The number of likely N-dealkylation sites (tertiary alicyclic amines) is 1. The third-order valence-corrected chi connectivity index (χ3v) is 4.32. The number of hydrogen-bond acceptors (Lipinski definition) is 4. The number of carbonyl (C=O) groups is 3. The zero-order valence-corrected chi connectivity index (χ0v) is 13.8. The van der Waals surface area contributed by atoms with Crippen LogP contribution in [0.5, 0.6) is 0 Å². The van der Waals surface area contributed by atoms with E-state index in [9.17, 15) is 14.4 Å². The molecule has 0 aliphatic carbocycles. The van der Waals surface area contributed by atoms with Crippen LogP contribution in [0.15, 0.2) is 0 Å². The van der Waals surface area contributed by atoms with Gasteiger partial charge in [-0.25, -0.2) is 4.79 Å². The minimum Gasteiger partial charge on any atom is -0.461 e. The molecule has 2 rings (SSSR count). The molecule has 0 atom stereocenters. The van der Waals surface area contributed by atoms with Crippen LogP contribution >= 0.6 is 0 Å². The number of nitrogens with two attached hydrogens (primary N) is 1. The van der Waals surface area contributed by atoms with Crippen LogP contribution in [0.4, 0.5) is 0 Å². The molecule has 0 bridgehead atoms. The van der Waals surface area contributed by atoms with Crippen LogP contribution in [0, 0.1) is 19.8 Å². The molecule has 2 heterocycles. The fourth-order valence-corrected chi connectivity index (χ4v) is 3.00. The van der Waals surface area contributed by atoms with E-state index in [1.54, 1.807) is 25.7 Å². The van der Waals surface area contributed by atoms with Gasteiger partial charge in [0.15, 0.2) is 0 Å². The summed E-state index contributed by atoms with van der Waals surface area (Å²) < 4.78 is 5.00.